The highest BCUT2D eigenvalue weighted by Gasteiger charge is 2.18. The van der Waals surface area contributed by atoms with Crippen molar-refractivity contribution in [3.8, 4) is 0 Å². The Morgan fingerprint density at radius 2 is 1.93 bits per heavy atom. The van der Waals surface area contributed by atoms with Gasteiger partial charge in [-0.1, -0.05) is 49.4 Å². The van der Waals surface area contributed by atoms with E-state index in [9.17, 15) is 9.59 Å². The number of thioether (sulfide) groups is 1. The fourth-order valence-electron chi connectivity index (χ4n) is 2.89. The number of unbranched alkanes of at least 4 members (excludes halogenated alkanes) is 1. The zero-order valence-corrected chi connectivity index (χ0v) is 17.9. The molecule has 0 spiro atoms. The van der Waals surface area contributed by atoms with Gasteiger partial charge in [0, 0.05) is 30.5 Å². The fourth-order valence-corrected chi connectivity index (χ4v) is 3.58. The highest BCUT2D eigenvalue weighted by atomic mass is 32.2. The Bertz CT molecular complexity index is 990. The topological polar surface area (TPSA) is 80.1 Å². The molecule has 3 rings (SSSR count). The average Bonchev–Trinajstić information content (AvgIpc) is 3.18. The SMILES string of the molecule is CCCCN(C(=O)c1cccc(NC(=O)CSc2nncn2C)c1)c1ccccc1. The molecular weight excluding hydrogens is 398 g/mol. The molecule has 0 atom stereocenters. The quantitative estimate of drug-likeness (QED) is 0.526. The summed E-state index contributed by atoms with van der Waals surface area (Å²) in [6.45, 7) is 2.74. The third kappa shape index (κ3) is 5.70. The van der Waals surface area contributed by atoms with Crippen LogP contribution in [-0.4, -0.2) is 38.9 Å². The molecule has 8 heteroatoms. The van der Waals surface area contributed by atoms with Gasteiger partial charge < -0.3 is 14.8 Å². The number of carbonyl (C=O) groups is 2. The highest BCUT2D eigenvalue weighted by Crippen LogP contribution is 2.20. The van der Waals surface area contributed by atoms with Crippen LogP contribution in [-0.2, 0) is 11.8 Å². The predicted molar refractivity (Wildman–Crippen MR) is 120 cm³/mol. The van der Waals surface area contributed by atoms with E-state index < -0.39 is 0 Å². The van der Waals surface area contributed by atoms with Crippen LogP contribution in [0.15, 0.2) is 66.1 Å². The van der Waals surface area contributed by atoms with Crippen molar-refractivity contribution < 1.29 is 9.59 Å². The van der Waals surface area contributed by atoms with Crippen molar-refractivity contribution in [3.05, 3.63) is 66.5 Å². The Balaban J connectivity index is 1.69. The van der Waals surface area contributed by atoms with Crippen LogP contribution in [0.25, 0.3) is 0 Å². The van der Waals surface area contributed by atoms with Gasteiger partial charge in [-0.15, -0.1) is 10.2 Å². The summed E-state index contributed by atoms with van der Waals surface area (Å²) in [6, 6.07) is 16.7. The van der Waals surface area contributed by atoms with E-state index in [0.29, 0.717) is 23.0 Å². The third-order valence-corrected chi connectivity index (χ3v) is 5.48. The Hall–Kier alpha value is -3.13. The molecule has 1 heterocycles. The Labute approximate surface area is 180 Å². The van der Waals surface area contributed by atoms with Crippen LogP contribution in [0.2, 0.25) is 0 Å². The van der Waals surface area contributed by atoms with Gasteiger partial charge in [-0.3, -0.25) is 9.59 Å². The van der Waals surface area contributed by atoms with Crippen molar-refractivity contribution in [2.45, 2.75) is 24.9 Å². The number of carbonyl (C=O) groups excluding carboxylic acids is 2. The number of anilines is 2. The summed E-state index contributed by atoms with van der Waals surface area (Å²) in [7, 11) is 1.83. The number of amides is 2. The molecule has 1 aromatic heterocycles. The van der Waals surface area contributed by atoms with Crippen molar-refractivity contribution in [3.63, 3.8) is 0 Å². The molecule has 2 amide bonds. The summed E-state index contributed by atoms with van der Waals surface area (Å²) < 4.78 is 1.76. The zero-order valence-electron chi connectivity index (χ0n) is 17.1. The zero-order chi connectivity index (χ0) is 21.3. The Morgan fingerprint density at radius 3 is 2.63 bits per heavy atom. The molecule has 0 saturated heterocycles. The number of aromatic nitrogens is 3. The molecule has 0 fully saturated rings. The van der Waals surface area contributed by atoms with Crippen LogP contribution >= 0.6 is 11.8 Å². The minimum atomic E-state index is -0.168. The van der Waals surface area contributed by atoms with Crippen LogP contribution in [0.5, 0.6) is 0 Å². The van der Waals surface area contributed by atoms with Gasteiger partial charge in [0.1, 0.15) is 6.33 Å². The predicted octanol–water partition coefficient (Wildman–Crippen LogP) is 3.99. The molecule has 30 heavy (non-hydrogen) atoms. The van der Waals surface area contributed by atoms with Gasteiger partial charge in [-0.05, 0) is 36.8 Å². The van der Waals surface area contributed by atoms with Gasteiger partial charge in [0.15, 0.2) is 5.16 Å². The van der Waals surface area contributed by atoms with Crippen LogP contribution in [0.4, 0.5) is 11.4 Å². The average molecular weight is 424 g/mol. The van der Waals surface area contributed by atoms with Crippen molar-refractivity contribution in [1.82, 2.24) is 14.8 Å². The summed E-state index contributed by atoms with van der Waals surface area (Å²) in [5.41, 5.74) is 1.99. The van der Waals surface area contributed by atoms with Gasteiger partial charge in [0.05, 0.1) is 5.75 Å². The number of aryl methyl sites for hydroxylation is 1. The van der Waals surface area contributed by atoms with Crippen LogP contribution in [0, 0.1) is 0 Å². The summed E-state index contributed by atoms with van der Waals surface area (Å²) >= 11 is 1.30. The van der Waals surface area contributed by atoms with E-state index in [2.05, 4.69) is 22.4 Å². The maximum atomic E-state index is 13.2. The number of nitrogens with zero attached hydrogens (tertiary/aromatic N) is 4. The molecular formula is C22H25N5O2S. The van der Waals surface area contributed by atoms with Gasteiger partial charge in [0.2, 0.25) is 5.91 Å². The lowest BCUT2D eigenvalue weighted by molar-refractivity contribution is -0.113. The van der Waals surface area contributed by atoms with Crippen LogP contribution < -0.4 is 10.2 Å². The molecule has 1 N–H and O–H groups in total. The first-order valence-corrected chi connectivity index (χ1v) is 10.8. The summed E-state index contributed by atoms with van der Waals surface area (Å²) in [5, 5.41) is 11.3. The number of nitrogens with one attached hydrogen (secondary N) is 1. The summed E-state index contributed by atoms with van der Waals surface area (Å²) in [5.74, 6) is -0.0464. The highest BCUT2D eigenvalue weighted by molar-refractivity contribution is 7.99. The van der Waals surface area contributed by atoms with E-state index in [4.69, 9.17) is 0 Å². The second-order valence-corrected chi connectivity index (χ2v) is 7.73. The molecule has 0 saturated carbocycles. The van der Waals surface area contributed by atoms with Crippen molar-refractivity contribution in [1.29, 1.82) is 0 Å². The molecule has 2 aromatic carbocycles. The van der Waals surface area contributed by atoms with E-state index in [1.165, 1.54) is 11.8 Å². The van der Waals surface area contributed by atoms with Gasteiger partial charge in [-0.2, -0.15) is 0 Å². The lowest BCUT2D eigenvalue weighted by Gasteiger charge is -2.23. The van der Waals surface area contributed by atoms with E-state index in [1.54, 1.807) is 40.1 Å². The van der Waals surface area contributed by atoms with Crippen molar-refractivity contribution in [2.24, 2.45) is 7.05 Å². The molecule has 0 unspecified atom stereocenters. The number of para-hydroxylation sites is 1. The van der Waals surface area contributed by atoms with E-state index in [0.717, 1.165) is 18.5 Å². The number of hydrogen-bond acceptors (Lipinski definition) is 5. The maximum absolute atomic E-state index is 13.2. The lowest BCUT2D eigenvalue weighted by atomic mass is 10.1. The molecule has 156 valence electrons. The smallest absolute Gasteiger partial charge is 0.258 e. The number of benzene rings is 2. The largest absolute Gasteiger partial charge is 0.325 e. The molecule has 0 radical (unpaired) electrons. The fraction of sp³-hybridized carbons (Fsp3) is 0.273. The molecule has 3 aromatic rings. The van der Waals surface area contributed by atoms with E-state index in [-0.39, 0.29) is 17.6 Å². The van der Waals surface area contributed by atoms with Crippen molar-refractivity contribution >= 4 is 35.0 Å². The minimum Gasteiger partial charge on any atom is -0.325 e. The van der Waals surface area contributed by atoms with Gasteiger partial charge in [0.25, 0.3) is 5.91 Å². The first kappa shape index (κ1) is 21.6. The third-order valence-electron chi connectivity index (χ3n) is 4.44. The summed E-state index contributed by atoms with van der Waals surface area (Å²) in [4.78, 5) is 27.3. The Morgan fingerprint density at radius 1 is 1.13 bits per heavy atom. The van der Waals surface area contributed by atoms with Crippen molar-refractivity contribution in [2.75, 3.05) is 22.5 Å². The van der Waals surface area contributed by atoms with Crippen LogP contribution in [0.1, 0.15) is 30.1 Å². The van der Waals surface area contributed by atoms with E-state index in [1.807, 2.05) is 37.4 Å². The molecule has 0 aliphatic heterocycles. The first-order valence-electron chi connectivity index (χ1n) is 9.82. The second-order valence-electron chi connectivity index (χ2n) is 6.79. The molecule has 0 bridgehead atoms. The molecule has 0 aliphatic carbocycles. The first-order chi connectivity index (χ1) is 14.6. The molecule has 7 nitrogen and oxygen atoms in total. The normalized spacial score (nSPS) is 10.6. The van der Waals surface area contributed by atoms with Crippen LogP contribution in [0.3, 0.4) is 0 Å². The Kier molecular flexibility index (Phi) is 7.62. The minimum absolute atomic E-state index is 0.0841. The second kappa shape index (κ2) is 10.6. The van der Waals surface area contributed by atoms with E-state index >= 15 is 0 Å². The maximum Gasteiger partial charge on any atom is 0.258 e. The molecule has 0 aliphatic rings. The number of rotatable bonds is 9. The van der Waals surface area contributed by atoms with Gasteiger partial charge in [-0.25, -0.2) is 0 Å². The van der Waals surface area contributed by atoms with Gasteiger partial charge >= 0.3 is 0 Å². The lowest BCUT2D eigenvalue weighted by Crippen LogP contribution is -2.32. The standard InChI is InChI=1S/C22H25N5O2S/c1-3-4-13-27(19-11-6-5-7-12-19)21(29)17-9-8-10-18(14-17)24-20(28)15-30-22-25-23-16-26(22)2/h5-12,14,16H,3-4,13,15H2,1-2H3,(H,24,28). The monoisotopic (exact) mass is 423 g/mol. The number of hydrogen-bond donors (Lipinski definition) is 1. The summed E-state index contributed by atoms with van der Waals surface area (Å²) in [6.07, 6.45) is 3.50.